The average molecular weight is 566 g/mol. The summed E-state index contributed by atoms with van der Waals surface area (Å²) in [7, 11) is 0. The van der Waals surface area contributed by atoms with E-state index in [1.807, 2.05) is 0 Å². The molecule has 0 spiro atoms. The number of nitrogens with one attached hydrogen (secondary N) is 6. The van der Waals surface area contributed by atoms with Crippen LogP contribution in [-0.4, -0.2) is 83.1 Å². The topological polar surface area (TPSA) is 266 Å². The van der Waals surface area contributed by atoms with Gasteiger partial charge in [-0.2, -0.15) is 4.98 Å². The number of aromatic amines is 2. The van der Waals surface area contributed by atoms with E-state index in [1.54, 1.807) is 24.7 Å². The number of nitrogen functional groups attached to an aromatic ring is 1. The summed E-state index contributed by atoms with van der Waals surface area (Å²) in [6, 6.07) is 4.93. The third-order valence-corrected chi connectivity index (χ3v) is 5.85. The molecule has 1 aromatic carbocycles. The molecule has 3 aromatic heterocycles. The number of hydrogen-bond donors (Lipinski definition) is 9. The molecule has 0 fully saturated rings. The highest BCUT2D eigenvalue weighted by Crippen LogP contribution is 2.20. The molecule has 0 saturated heterocycles. The molecule has 4 aromatic rings. The Morgan fingerprint density at radius 2 is 1.93 bits per heavy atom. The minimum Gasteiger partial charge on any atom is -0.481 e. The second kappa shape index (κ2) is 12.9. The summed E-state index contributed by atoms with van der Waals surface area (Å²) in [6.45, 7) is 0.960. The number of aromatic nitrogens is 6. The zero-order valence-electron chi connectivity index (χ0n) is 21.4. The highest BCUT2D eigenvalue weighted by atomic mass is 16.4. The summed E-state index contributed by atoms with van der Waals surface area (Å²) in [6.07, 6.45) is 4.17. The number of carboxylic acids is 2. The predicted molar refractivity (Wildman–Crippen MR) is 148 cm³/mol. The van der Waals surface area contributed by atoms with Gasteiger partial charge in [-0.1, -0.05) is 0 Å². The molecule has 0 radical (unpaired) electrons. The minimum atomic E-state index is -1.30. The third kappa shape index (κ3) is 7.65. The number of fused-ring (bicyclic) bond motifs is 2. The minimum absolute atomic E-state index is 0.0281. The average Bonchev–Trinajstić information content (AvgIpc) is 3.43. The van der Waals surface area contributed by atoms with Crippen LogP contribution in [0.5, 0.6) is 0 Å². The molecule has 0 saturated carbocycles. The lowest BCUT2D eigenvalue weighted by Crippen LogP contribution is -2.41. The summed E-state index contributed by atoms with van der Waals surface area (Å²) in [5, 5.41) is 29.5. The van der Waals surface area contributed by atoms with Crippen molar-refractivity contribution in [2.45, 2.75) is 24.9 Å². The number of nitrogens with two attached hydrogens (primary N) is 1. The molecule has 17 heteroatoms. The molecule has 0 aliphatic carbocycles. The van der Waals surface area contributed by atoms with Crippen LogP contribution in [0.3, 0.4) is 0 Å². The number of nitrogens with zero attached hydrogens (tertiary/aromatic N) is 4. The van der Waals surface area contributed by atoms with Gasteiger partial charge in [-0.15, -0.1) is 0 Å². The van der Waals surface area contributed by atoms with Gasteiger partial charge in [-0.25, -0.2) is 19.7 Å². The molecule has 4 heterocycles. The van der Waals surface area contributed by atoms with Gasteiger partial charge in [-0.05, 0) is 30.7 Å². The normalized spacial score (nSPS) is 14.3. The Labute approximate surface area is 231 Å². The third-order valence-electron chi connectivity index (χ3n) is 5.85. The number of imidazole rings is 1. The van der Waals surface area contributed by atoms with E-state index < -0.39 is 23.9 Å². The Bertz CT molecular complexity index is 1560. The first-order valence-electron chi connectivity index (χ1n) is 12.3. The van der Waals surface area contributed by atoms with Crippen molar-refractivity contribution in [3.8, 4) is 0 Å². The molecule has 1 unspecified atom stereocenters. The number of anilines is 4. The molecule has 0 bridgehead atoms. The van der Waals surface area contributed by atoms with Gasteiger partial charge >= 0.3 is 11.9 Å². The molecule has 1 amide bonds. The molecule has 17 nitrogen and oxygen atoms in total. The first-order chi connectivity index (χ1) is 19.7. The van der Waals surface area contributed by atoms with Gasteiger partial charge in [0.15, 0.2) is 11.5 Å². The van der Waals surface area contributed by atoms with Crippen molar-refractivity contribution in [2.24, 2.45) is 0 Å². The van der Waals surface area contributed by atoms with E-state index in [0.717, 1.165) is 5.52 Å². The number of carboxylic acid groups (broad SMARTS) is 2. The van der Waals surface area contributed by atoms with E-state index in [-0.39, 0.29) is 36.0 Å². The lowest BCUT2D eigenvalue weighted by Gasteiger charge is -2.27. The number of benzene rings is 1. The Hall–Kier alpha value is -5.74. The van der Waals surface area contributed by atoms with Crippen molar-refractivity contribution in [2.75, 3.05) is 34.8 Å². The van der Waals surface area contributed by atoms with Crippen LogP contribution < -0.4 is 32.6 Å². The molecule has 214 valence electrons. The Kier molecular flexibility index (Phi) is 8.88. The Morgan fingerprint density at radius 1 is 1.15 bits per heavy atom. The maximum Gasteiger partial charge on any atom is 0.326 e. The summed E-state index contributed by atoms with van der Waals surface area (Å²) in [4.78, 5) is 67.1. The van der Waals surface area contributed by atoms with Crippen LogP contribution in [0.15, 0.2) is 47.9 Å². The van der Waals surface area contributed by atoms with E-state index in [4.69, 9.17) is 15.9 Å². The van der Waals surface area contributed by atoms with Crippen LogP contribution in [0, 0.1) is 0 Å². The SMILES string of the molecule is Nc1nc2c(c(=O)[nH]1)NC(CNc1ccc(C(=O)N[C@@H](CCC(=O)O)C(=O)O)cc1)CN2.c1ncc2[nH]cnc2n1. The number of hydrogen-bond acceptors (Lipinski definition) is 12. The second-order valence-electron chi connectivity index (χ2n) is 8.81. The van der Waals surface area contributed by atoms with Gasteiger partial charge in [0.2, 0.25) is 5.95 Å². The van der Waals surface area contributed by atoms with Gasteiger partial charge in [-0.3, -0.25) is 19.4 Å². The van der Waals surface area contributed by atoms with Crippen molar-refractivity contribution < 1.29 is 24.6 Å². The van der Waals surface area contributed by atoms with Gasteiger partial charge in [0.1, 0.15) is 23.6 Å². The van der Waals surface area contributed by atoms with Crippen molar-refractivity contribution in [3.63, 3.8) is 0 Å². The van der Waals surface area contributed by atoms with Crippen LogP contribution >= 0.6 is 0 Å². The molecule has 1 aliphatic heterocycles. The van der Waals surface area contributed by atoms with Crippen molar-refractivity contribution in [3.05, 3.63) is 59.0 Å². The zero-order chi connectivity index (χ0) is 29.4. The first-order valence-corrected chi connectivity index (χ1v) is 12.3. The fraction of sp³-hybridized carbons (Fsp3) is 0.250. The van der Waals surface area contributed by atoms with E-state index in [1.165, 1.54) is 18.5 Å². The van der Waals surface area contributed by atoms with Crippen molar-refractivity contribution in [1.29, 1.82) is 0 Å². The smallest absolute Gasteiger partial charge is 0.326 e. The fourth-order valence-corrected chi connectivity index (χ4v) is 3.79. The largest absolute Gasteiger partial charge is 0.481 e. The van der Waals surface area contributed by atoms with Crippen molar-refractivity contribution in [1.82, 2.24) is 35.2 Å². The van der Waals surface area contributed by atoms with E-state index in [0.29, 0.717) is 35.9 Å². The number of carbonyl (C=O) groups is 3. The maximum atomic E-state index is 12.3. The highest BCUT2D eigenvalue weighted by Gasteiger charge is 2.23. The predicted octanol–water partition coefficient (Wildman–Crippen LogP) is 0.0709. The highest BCUT2D eigenvalue weighted by molar-refractivity contribution is 5.97. The maximum absolute atomic E-state index is 12.3. The number of rotatable bonds is 9. The zero-order valence-corrected chi connectivity index (χ0v) is 21.4. The molecule has 2 atom stereocenters. The Morgan fingerprint density at radius 3 is 2.63 bits per heavy atom. The summed E-state index contributed by atoms with van der Waals surface area (Å²) in [5.74, 6) is -2.64. The molecule has 1 aliphatic rings. The van der Waals surface area contributed by atoms with Crippen LogP contribution in [0.1, 0.15) is 23.2 Å². The van der Waals surface area contributed by atoms with Crippen LogP contribution in [0.4, 0.5) is 23.1 Å². The number of H-pyrrole nitrogens is 2. The number of aliphatic carboxylic acids is 2. The molecular weight excluding hydrogens is 538 g/mol. The first kappa shape index (κ1) is 28.3. The summed E-state index contributed by atoms with van der Waals surface area (Å²) in [5.41, 5.74) is 7.99. The standard InChI is InChI=1S/C19H23N7O6.C5H4N4/c20-19-25-15-14(17(30)26-19)23-11(8-22-15)7-21-10-3-1-9(2-4-10)16(29)24-12(18(31)32)5-6-13(27)28;1-4-5(8-2-6-1)9-3-7-4/h1-4,11-12,21,23H,5-8H2,(H,24,29)(H,27,28)(H,31,32)(H4,20,22,25,26,30);1-3H,(H,6,7,8,9)/t11?,12-;/m0./s1. The molecule has 5 rings (SSSR count). The monoisotopic (exact) mass is 565 g/mol. The van der Waals surface area contributed by atoms with E-state index >= 15 is 0 Å². The molecule has 10 N–H and O–H groups in total. The second-order valence-corrected chi connectivity index (χ2v) is 8.81. The summed E-state index contributed by atoms with van der Waals surface area (Å²) < 4.78 is 0. The van der Waals surface area contributed by atoms with Gasteiger partial charge in [0, 0.05) is 30.8 Å². The lowest BCUT2D eigenvalue weighted by molar-refractivity contribution is -0.140. The lowest BCUT2D eigenvalue weighted by atomic mass is 10.1. The summed E-state index contributed by atoms with van der Waals surface area (Å²) >= 11 is 0. The van der Waals surface area contributed by atoms with Crippen LogP contribution in [0.2, 0.25) is 0 Å². The van der Waals surface area contributed by atoms with Crippen LogP contribution in [-0.2, 0) is 9.59 Å². The number of amides is 1. The van der Waals surface area contributed by atoms with Gasteiger partial charge in [0.05, 0.1) is 18.6 Å². The van der Waals surface area contributed by atoms with E-state index in [9.17, 15) is 19.2 Å². The van der Waals surface area contributed by atoms with Crippen molar-refractivity contribution >= 4 is 52.2 Å². The quantitative estimate of drug-likeness (QED) is 0.130. The van der Waals surface area contributed by atoms with Gasteiger partial charge < -0.3 is 42.2 Å². The Balaban J connectivity index is 0.000000360. The molecular formula is C24H27N11O6. The fourth-order valence-electron chi connectivity index (χ4n) is 3.79. The molecule has 41 heavy (non-hydrogen) atoms. The van der Waals surface area contributed by atoms with E-state index in [2.05, 4.69) is 51.2 Å². The number of carbonyl (C=O) groups excluding carboxylic acids is 1. The van der Waals surface area contributed by atoms with Gasteiger partial charge in [0.25, 0.3) is 11.5 Å². The van der Waals surface area contributed by atoms with Crippen LogP contribution in [0.25, 0.3) is 11.2 Å².